The Morgan fingerprint density at radius 2 is 1.40 bits per heavy atom. The summed E-state index contributed by atoms with van der Waals surface area (Å²) in [5, 5.41) is 19.9. The number of benzene rings is 4. The van der Waals surface area contributed by atoms with Crippen molar-refractivity contribution in [2.45, 2.75) is 25.5 Å². The highest BCUT2D eigenvalue weighted by molar-refractivity contribution is 6.00. The van der Waals surface area contributed by atoms with Crippen molar-refractivity contribution >= 4 is 41.5 Å². The maximum absolute atomic E-state index is 13.4. The molecule has 0 aliphatic carbocycles. The van der Waals surface area contributed by atoms with Crippen LogP contribution in [0.1, 0.15) is 24.0 Å². The number of carboxylic acid groups (broad SMARTS) is 1. The third-order valence-corrected chi connectivity index (χ3v) is 6.65. The van der Waals surface area contributed by atoms with Gasteiger partial charge in [-0.1, -0.05) is 91.0 Å². The third kappa shape index (κ3) is 10.7. The van der Waals surface area contributed by atoms with E-state index in [2.05, 4.69) is 21.3 Å². The smallest absolute Gasteiger partial charge is 0.407 e. The number of carbonyl (C=O) groups excluding carboxylic acids is 3. The number of para-hydroxylation sites is 1. The first-order chi connectivity index (χ1) is 21.9. The summed E-state index contributed by atoms with van der Waals surface area (Å²) in [6, 6.07) is 31.6. The van der Waals surface area contributed by atoms with Gasteiger partial charge in [0.15, 0.2) is 0 Å². The predicted octanol–water partition coefficient (Wildman–Crippen LogP) is 6.29. The molecule has 45 heavy (non-hydrogen) atoms. The molecule has 0 aliphatic rings. The Morgan fingerprint density at radius 1 is 0.756 bits per heavy atom. The molecule has 0 saturated carbocycles. The molecule has 0 aliphatic heterocycles. The average molecular weight is 607 g/mol. The number of alkyl carbamates (subject to hydrolysis) is 1. The first kappa shape index (κ1) is 32.0. The summed E-state index contributed by atoms with van der Waals surface area (Å²) < 4.78 is 5.22. The first-order valence-corrected chi connectivity index (χ1v) is 14.4. The molecule has 4 amide bonds. The van der Waals surface area contributed by atoms with Crippen LogP contribution >= 0.6 is 0 Å². The number of anilines is 2. The first-order valence-electron chi connectivity index (χ1n) is 14.4. The number of carboxylic acids is 1. The van der Waals surface area contributed by atoms with E-state index in [9.17, 15) is 19.2 Å². The van der Waals surface area contributed by atoms with Gasteiger partial charge in [0.2, 0.25) is 5.91 Å². The van der Waals surface area contributed by atoms with Crippen molar-refractivity contribution in [1.29, 1.82) is 0 Å². The average Bonchev–Trinajstić information content (AvgIpc) is 3.06. The van der Waals surface area contributed by atoms with Crippen molar-refractivity contribution in [3.05, 3.63) is 126 Å². The number of rotatable bonds is 13. The van der Waals surface area contributed by atoms with Gasteiger partial charge in [0.05, 0.1) is 0 Å². The van der Waals surface area contributed by atoms with E-state index in [4.69, 9.17) is 9.84 Å². The minimum Gasteiger partial charge on any atom is -0.478 e. The minimum atomic E-state index is -1.13. The molecule has 0 spiro atoms. The summed E-state index contributed by atoms with van der Waals surface area (Å²) >= 11 is 0. The lowest BCUT2D eigenvalue weighted by molar-refractivity contribution is -0.131. The van der Waals surface area contributed by atoms with Crippen LogP contribution in [0, 0.1) is 0 Å². The number of aliphatic carboxylic acids is 1. The van der Waals surface area contributed by atoms with Crippen LogP contribution in [0.4, 0.5) is 21.0 Å². The van der Waals surface area contributed by atoms with Gasteiger partial charge < -0.3 is 31.1 Å². The summed E-state index contributed by atoms with van der Waals surface area (Å²) in [7, 11) is 0. The molecule has 4 aromatic rings. The highest BCUT2D eigenvalue weighted by atomic mass is 16.5. The fourth-order valence-electron chi connectivity index (χ4n) is 4.38. The fourth-order valence-corrected chi connectivity index (χ4v) is 4.38. The number of hydrogen-bond donors (Lipinski definition) is 5. The van der Waals surface area contributed by atoms with Gasteiger partial charge in [0, 0.05) is 24.0 Å². The summed E-state index contributed by atoms with van der Waals surface area (Å²) in [6.07, 6.45) is 2.30. The highest BCUT2D eigenvalue weighted by Crippen LogP contribution is 2.21. The van der Waals surface area contributed by atoms with Gasteiger partial charge in [-0.2, -0.15) is 0 Å². The molecular formula is C35H34N4O6. The van der Waals surface area contributed by atoms with Crippen LogP contribution in [-0.2, 0) is 20.9 Å². The topological polar surface area (TPSA) is 146 Å². The number of carbonyl (C=O) groups is 4. The maximum Gasteiger partial charge on any atom is 0.407 e. The predicted molar refractivity (Wildman–Crippen MR) is 173 cm³/mol. The molecule has 0 unspecified atom stereocenters. The lowest BCUT2D eigenvalue weighted by Crippen LogP contribution is -2.46. The van der Waals surface area contributed by atoms with Gasteiger partial charge in [0.25, 0.3) is 0 Å². The number of urea groups is 1. The molecule has 4 rings (SSSR count). The SMILES string of the molecule is O=C(O)C=Cc1ccccc1NC(=O)[C@H](CCCNC(=O)OCc1ccccc1)NC(=O)Nc1ccc(-c2ccccc2)cc1. The molecule has 4 aromatic carbocycles. The summed E-state index contributed by atoms with van der Waals surface area (Å²) in [4.78, 5) is 49.5. The van der Waals surface area contributed by atoms with Crippen molar-refractivity contribution in [2.75, 3.05) is 17.2 Å². The van der Waals surface area contributed by atoms with Gasteiger partial charge >= 0.3 is 18.1 Å². The van der Waals surface area contributed by atoms with Gasteiger partial charge in [-0.3, -0.25) is 4.79 Å². The Bertz CT molecular complexity index is 1610. The normalized spacial score (nSPS) is 11.3. The van der Waals surface area contributed by atoms with Crippen molar-refractivity contribution in [3.63, 3.8) is 0 Å². The van der Waals surface area contributed by atoms with E-state index in [1.165, 1.54) is 6.08 Å². The Kier molecular flexibility index (Phi) is 11.9. The Morgan fingerprint density at radius 3 is 2.11 bits per heavy atom. The monoisotopic (exact) mass is 606 g/mol. The van der Waals surface area contributed by atoms with E-state index in [0.717, 1.165) is 22.8 Å². The van der Waals surface area contributed by atoms with Crippen LogP contribution in [0.5, 0.6) is 0 Å². The van der Waals surface area contributed by atoms with Crippen LogP contribution < -0.4 is 21.3 Å². The van der Waals surface area contributed by atoms with E-state index in [-0.39, 0.29) is 19.6 Å². The van der Waals surface area contributed by atoms with E-state index in [0.29, 0.717) is 23.4 Å². The molecule has 0 heterocycles. The zero-order valence-corrected chi connectivity index (χ0v) is 24.4. The van der Waals surface area contributed by atoms with Gasteiger partial charge in [-0.05, 0) is 59.4 Å². The quantitative estimate of drug-likeness (QED) is 0.0894. The third-order valence-electron chi connectivity index (χ3n) is 6.65. The summed E-state index contributed by atoms with van der Waals surface area (Å²) in [5.41, 5.74) is 4.29. The maximum atomic E-state index is 13.4. The van der Waals surface area contributed by atoms with E-state index >= 15 is 0 Å². The largest absolute Gasteiger partial charge is 0.478 e. The van der Waals surface area contributed by atoms with E-state index in [1.807, 2.05) is 72.8 Å². The van der Waals surface area contributed by atoms with Crippen LogP contribution in [0.2, 0.25) is 0 Å². The second-order valence-corrected chi connectivity index (χ2v) is 9.97. The zero-order chi connectivity index (χ0) is 31.9. The zero-order valence-electron chi connectivity index (χ0n) is 24.4. The number of amides is 4. The fraction of sp³-hybridized carbons (Fsp3) is 0.143. The molecule has 10 heteroatoms. The summed E-state index contributed by atoms with van der Waals surface area (Å²) in [5.74, 6) is -1.63. The van der Waals surface area contributed by atoms with Crippen molar-refractivity contribution < 1.29 is 29.0 Å². The lowest BCUT2D eigenvalue weighted by atomic mass is 10.1. The number of nitrogens with one attached hydrogen (secondary N) is 4. The standard InChI is InChI=1S/C35H34N4O6/c40-32(41)22-19-28-14-7-8-15-30(28)38-33(42)31(16-9-23-36-35(44)45-24-25-10-3-1-4-11-25)39-34(43)37-29-20-17-27(18-21-29)26-12-5-2-6-13-26/h1-8,10-15,17-22,31H,9,16,23-24H2,(H,36,44)(H,38,42)(H,40,41)(H2,37,39,43)/t31-/m0/s1. The van der Waals surface area contributed by atoms with E-state index < -0.39 is 30.0 Å². The molecule has 0 saturated heterocycles. The lowest BCUT2D eigenvalue weighted by Gasteiger charge is -2.20. The molecule has 0 bridgehead atoms. The Balaban J connectivity index is 1.37. The van der Waals surface area contributed by atoms with Gasteiger partial charge in [-0.25, -0.2) is 14.4 Å². The van der Waals surface area contributed by atoms with Crippen molar-refractivity contribution in [1.82, 2.24) is 10.6 Å². The summed E-state index contributed by atoms with van der Waals surface area (Å²) in [6.45, 7) is 0.334. The number of hydrogen-bond acceptors (Lipinski definition) is 5. The molecule has 0 fully saturated rings. The second-order valence-electron chi connectivity index (χ2n) is 9.97. The van der Waals surface area contributed by atoms with Gasteiger partial charge in [0.1, 0.15) is 12.6 Å². The number of ether oxygens (including phenoxy) is 1. The molecule has 1 atom stereocenters. The van der Waals surface area contributed by atoms with Gasteiger partial charge in [-0.15, -0.1) is 0 Å². The molecule has 0 radical (unpaired) electrons. The highest BCUT2D eigenvalue weighted by Gasteiger charge is 2.22. The Labute approximate surface area is 261 Å². The molecule has 230 valence electrons. The molecule has 10 nitrogen and oxygen atoms in total. The molecular weight excluding hydrogens is 572 g/mol. The minimum absolute atomic E-state index is 0.126. The molecule has 5 N–H and O–H groups in total. The second kappa shape index (κ2) is 16.7. The molecule has 0 aromatic heterocycles. The van der Waals surface area contributed by atoms with Crippen LogP contribution in [-0.4, -0.2) is 41.7 Å². The van der Waals surface area contributed by atoms with E-state index in [1.54, 1.807) is 36.4 Å². The van der Waals surface area contributed by atoms with Crippen LogP contribution in [0.15, 0.2) is 115 Å². The van der Waals surface area contributed by atoms with Crippen LogP contribution in [0.3, 0.4) is 0 Å². The van der Waals surface area contributed by atoms with Crippen LogP contribution in [0.25, 0.3) is 17.2 Å². The Hall–Kier alpha value is -5.90. The van der Waals surface area contributed by atoms with Crippen molar-refractivity contribution in [3.8, 4) is 11.1 Å². The van der Waals surface area contributed by atoms with Crippen molar-refractivity contribution in [2.24, 2.45) is 0 Å².